The second kappa shape index (κ2) is 9.61. The van der Waals surface area contributed by atoms with Crippen molar-refractivity contribution in [2.45, 2.75) is 26.1 Å². The van der Waals surface area contributed by atoms with Gasteiger partial charge in [-0.15, -0.1) is 0 Å². The van der Waals surface area contributed by atoms with E-state index < -0.39 is 18.0 Å². The van der Waals surface area contributed by atoms with Crippen LogP contribution in [0, 0.1) is 11.3 Å². The third-order valence-electron chi connectivity index (χ3n) is 4.58. The molecule has 7 heteroatoms. The number of carbonyl (C=O) groups excluding carboxylic acids is 2. The third-order valence-corrected chi connectivity index (χ3v) is 4.58. The molecule has 0 aliphatic heterocycles. The number of hydrogen-bond donors (Lipinski definition) is 0. The molecule has 30 heavy (non-hydrogen) atoms. The Bertz CT molecular complexity index is 1070. The zero-order chi connectivity index (χ0) is 21.5. The van der Waals surface area contributed by atoms with E-state index in [1.54, 1.807) is 19.2 Å². The molecule has 3 aromatic rings. The number of nitriles is 1. The molecule has 0 bridgehead atoms. The van der Waals surface area contributed by atoms with Crippen molar-refractivity contribution in [3.8, 4) is 11.8 Å². The van der Waals surface area contributed by atoms with Gasteiger partial charge < -0.3 is 18.8 Å². The number of esters is 1. The molecule has 0 radical (unpaired) electrons. The SMILES string of the molecule is C[C@@H](OC(=O)c1oc2ccccc2c1COc1ccccc1)C(=O)N(C)CCC#N. The lowest BCUT2D eigenvalue weighted by Gasteiger charge is -2.20. The number of furan rings is 1. The predicted octanol–water partition coefficient (Wildman–Crippen LogP) is 3.93. The largest absolute Gasteiger partial charge is 0.489 e. The summed E-state index contributed by atoms with van der Waals surface area (Å²) in [6.07, 6.45) is -0.815. The van der Waals surface area contributed by atoms with Crippen molar-refractivity contribution in [3.05, 3.63) is 65.9 Å². The molecular weight excluding hydrogens is 384 g/mol. The molecule has 2 aromatic carbocycles. The van der Waals surface area contributed by atoms with Crippen LogP contribution in [0.5, 0.6) is 5.75 Å². The van der Waals surface area contributed by atoms with Crippen molar-refractivity contribution in [1.82, 2.24) is 4.90 Å². The normalized spacial score (nSPS) is 11.5. The number of fused-ring (bicyclic) bond motifs is 1. The second-order valence-electron chi connectivity index (χ2n) is 6.72. The average molecular weight is 406 g/mol. The maximum absolute atomic E-state index is 12.8. The Kier molecular flexibility index (Phi) is 6.71. The van der Waals surface area contributed by atoms with Gasteiger partial charge in [0, 0.05) is 19.0 Å². The first-order chi connectivity index (χ1) is 14.5. The molecule has 1 aromatic heterocycles. The van der Waals surface area contributed by atoms with Gasteiger partial charge in [0.15, 0.2) is 6.10 Å². The van der Waals surface area contributed by atoms with E-state index in [9.17, 15) is 9.59 Å². The Morgan fingerprint density at radius 2 is 1.83 bits per heavy atom. The maximum Gasteiger partial charge on any atom is 0.375 e. The van der Waals surface area contributed by atoms with E-state index in [0.29, 0.717) is 16.9 Å². The first kappa shape index (κ1) is 20.9. The summed E-state index contributed by atoms with van der Waals surface area (Å²) in [6.45, 7) is 1.86. The molecule has 1 heterocycles. The number of amides is 1. The van der Waals surface area contributed by atoms with Gasteiger partial charge in [-0.2, -0.15) is 5.26 Å². The van der Waals surface area contributed by atoms with E-state index in [1.165, 1.54) is 11.8 Å². The standard InChI is InChI=1S/C23H22N2O5/c1-16(22(26)25(2)14-8-13-24)29-23(27)21-19(15-28-17-9-4-3-5-10-17)18-11-6-7-12-20(18)30-21/h3-7,9-12,16H,8,14-15H2,1-2H3/t16-/m1/s1. The van der Waals surface area contributed by atoms with Gasteiger partial charge in [-0.25, -0.2) is 4.79 Å². The highest BCUT2D eigenvalue weighted by atomic mass is 16.6. The van der Waals surface area contributed by atoms with Gasteiger partial charge in [0.05, 0.1) is 18.1 Å². The fraction of sp³-hybridized carbons (Fsp3) is 0.261. The van der Waals surface area contributed by atoms with Crippen molar-refractivity contribution in [1.29, 1.82) is 5.26 Å². The summed E-state index contributed by atoms with van der Waals surface area (Å²) in [5.74, 6) is -0.472. The minimum Gasteiger partial charge on any atom is -0.489 e. The van der Waals surface area contributed by atoms with Crippen LogP contribution >= 0.6 is 0 Å². The molecule has 154 valence electrons. The van der Waals surface area contributed by atoms with Crippen molar-refractivity contribution < 1.29 is 23.5 Å². The van der Waals surface area contributed by atoms with Crippen molar-refractivity contribution in [2.75, 3.05) is 13.6 Å². The lowest BCUT2D eigenvalue weighted by molar-refractivity contribution is -0.138. The van der Waals surface area contributed by atoms with Gasteiger partial charge in [-0.3, -0.25) is 4.79 Å². The fourth-order valence-corrected chi connectivity index (χ4v) is 2.98. The molecule has 0 aliphatic rings. The van der Waals surface area contributed by atoms with Crippen LogP contribution in [0.2, 0.25) is 0 Å². The smallest absolute Gasteiger partial charge is 0.375 e. The second-order valence-corrected chi connectivity index (χ2v) is 6.72. The van der Waals surface area contributed by atoms with Crippen LogP contribution in [0.3, 0.4) is 0 Å². The number of carbonyl (C=O) groups is 2. The minimum absolute atomic E-state index is 0.00598. The summed E-state index contributed by atoms with van der Waals surface area (Å²) in [5.41, 5.74) is 1.08. The summed E-state index contributed by atoms with van der Waals surface area (Å²) in [5, 5.41) is 9.41. The topological polar surface area (TPSA) is 92.8 Å². The fourth-order valence-electron chi connectivity index (χ4n) is 2.98. The molecular formula is C23H22N2O5. The summed E-state index contributed by atoms with van der Waals surface area (Å²) in [7, 11) is 1.56. The highest BCUT2D eigenvalue weighted by Gasteiger charge is 2.27. The van der Waals surface area contributed by atoms with E-state index in [1.807, 2.05) is 48.5 Å². The zero-order valence-corrected chi connectivity index (χ0v) is 16.8. The molecule has 7 nitrogen and oxygen atoms in total. The van der Waals surface area contributed by atoms with Crippen LogP contribution < -0.4 is 4.74 Å². The third kappa shape index (κ3) is 4.78. The molecule has 0 aliphatic carbocycles. The number of rotatable bonds is 8. The number of ether oxygens (including phenoxy) is 2. The molecule has 0 saturated heterocycles. The highest BCUT2D eigenvalue weighted by Crippen LogP contribution is 2.28. The van der Waals surface area contributed by atoms with E-state index in [2.05, 4.69) is 0 Å². The highest BCUT2D eigenvalue weighted by molar-refractivity contribution is 5.97. The molecule has 0 spiro atoms. The Labute approximate surface area is 174 Å². The van der Waals surface area contributed by atoms with Gasteiger partial charge >= 0.3 is 5.97 Å². The van der Waals surface area contributed by atoms with E-state index >= 15 is 0 Å². The lowest BCUT2D eigenvalue weighted by atomic mass is 10.1. The van der Waals surface area contributed by atoms with Gasteiger partial charge in [0.25, 0.3) is 5.91 Å². The Morgan fingerprint density at radius 3 is 2.57 bits per heavy atom. The Hall–Kier alpha value is -3.79. The van der Waals surface area contributed by atoms with Crippen LogP contribution in [0.15, 0.2) is 59.0 Å². The molecule has 0 fully saturated rings. The number of hydrogen-bond acceptors (Lipinski definition) is 6. The minimum atomic E-state index is -1.02. The van der Waals surface area contributed by atoms with Crippen LogP contribution in [-0.4, -0.2) is 36.5 Å². The molecule has 0 N–H and O–H groups in total. The monoisotopic (exact) mass is 406 g/mol. The number of para-hydroxylation sites is 2. The Balaban J connectivity index is 1.79. The van der Waals surface area contributed by atoms with E-state index in [4.69, 9.17) is 19.2 Å². The van der Waals surface area contributed by atoms with Gasteiger partial charge in [0.1, 0.15) is 17.9 Å². The van der Waals surface area contributed by atoms with E-state index in [-0.39, 0.29) is 25.3 Å². The van der Waals surface area contributed by atoms with Crippen molar-refractivity contribution in [2.24, 2.45) is 0 Å². The molecule has 0 unspecified atom stereocenters. The van der Waals surface area contributed by atoms with Gasteiger partial charge in [0.2, 0.25) is 5.76 Å². The summed E-state index contributed by atoms with van der Waals surface area (Å²) < 4.78 is 16.9. The average Bonchev–Trinajstić information content (AvgIpc) is 3.15. The van der Waals surface area contributed by atoms with Crippen molar-refractivity contribution >= 4 is 22.8 Å². The Morgan fingerprint density at radius 1 is 1.13 bits per heavy atom. The first-order valence-electron chi connectivity index (χ1n) is 9.52. The number of benzene rings is 2. The maximum atomic E-state index is 12.8. The van der Waals surface area contributed by atoms with Crippen LogP contribution in [0.4, 0.5) is 0 Å². The summed E-state index contributed by atoms with van der Waals surface area (Å²) in [6, 6.07) is 18.4. The molecule has 3 rings (SSSR count). The number of nitrogens with zero attached hydrogens (tertiary/aromatic N) is 2. The zero-order valence-electron chi connectivity index (χ0n) is 16.8. The van der Waals surface area contributed by atoms with Gasteiger partial charge in [-0.1, -0.05) is 36.4 Å². The molecule has 1 amide bonds. The van der Waals surface area contributed by atoms with E-state index in [0.717, 1.165) is 5.39 Å². The van der Waals surface area contributed by atoms with Crippen molar-refractivity contribution in [3.63, 3.8) is 0 Å². The number of likely N-dealkylation sites (N-methyl/N-ethyl adjacent to an activating group) is 1. The quantitative estimate of drug-likeness (QED) is 0.526. The molecule has 0 saturated carbocycles. The van der Waals surface area contributed by atoms with Gasteiger partial charge in [-0.05, 0) is 25.1 Å². The molecule has 1 atom stereocenters. The predicted molar refractivity (Wildman–Crippen MR) is 110 cm³/mol. The first-order valence-corrected chi connectivity index (χ1v) is 9.52. The van der Waals surface area contributed by atoms with Crippen LogP contribution in [0.1, 0.15) is 29.5 Å². The summed E-state index contributed by atoms with van der Waals surface area (Å²) in [4.78, 5) is 26.5. The van der Waals surface area contributed by atoms with Crippen LogP contribution in [-0.2, 0) is 16.1 Å². The van der Waals surface area contributed by atoms with Crippen LogP contribution in [0.25, 0.3) is 11.0 Å². The lowest BCUT2D eigenvalue weighted by Crippen LogP contribution is -2.38. The summed E-state index contributed by atoms with van der Waals surface area (Å²) >= 11 is 0.